The van der Waals surface area contributed by atoms with Gasteiger partial charge in [0.05, 0.1) is 6.42 Å². The molecule has 0 aliphatic rings. The summed E-state index contributed by atoms with van der Waals surface area (Å²) in [6.45, 7) is 8.20. The number of carbonyl (C=O) groups is 1. The first-order valence-corrected chi connectivity index (χ1v) is 11.1. The molecule has 0 bridgehead atoms. The minimum absolute atomic E-state index is 0.0524. The summed E-state index contributed by atoms with van der Waals surface area (Å²) in [4.78, 5) is 15.1. The Morgan fingerprint density at radius 1 is 0.906 bits per heavy atom. The Morgan fingerprint density at radius 3 is 2.06 bits per heavy atom. The topological polar surface area (TPSA) is 29.5 Å². The van der Waals surface area contributed by atoms with Crippen LogP contribution >= 0.6 is 0 Å². The molecule has 3 aromatic carbocycles. The van der Waals surface area contributed by atoms with Crippen LogP contribution in [0.2, 0.25) is 0 Å². The Hall–Kier alpha value is -2.98. The van der Waals surface area contributed by atoms with Crippen LogP contribution in [0.4, 0.5) is 4.39 Å². The van der Waals surface area contributed by atoms with Gasteiger partial charge in [-0.25, -0.2) is 4.39 Å². The summed E-state index contributed by atoms with van der Waals surface area (Å²) >= 11 is 0. The number of esters is 1. The maximum atomic E-state index is 15.0. The van der Waals surface area contributed by atoms with E-state index >= 15 is 4.39 Å². The van der Waals surface area contributed by atoms with Gasteiger partial charge in [0, 0.05) is 24.2 Å². The van der Waals surface area contributed by atoms with Gasteiger partial charge < -0.3 is 4.74 Å². The Labute approximate surface area is 190 Å². The zero-order valence-corrected chi connectivity index (χ0v) is 19.3. The SMILES string of the molecule is C[C@H](c1ccccc1)N(Cc1ccccc1)[C@@H](CC(=O)OC(C)(C)C)c1ccccc1F. The summed E-state index contributed by atoms with van der Waals surface area (Å²) in [6, 6.07) is 26.3. The van der Waals surface area contributed by atoms with Gasteiger partial charge in [-0.2, -0.15) is 0 Å². The lowest BCUT2D eigenvalue weighted by molar-refractivity contribution is -0.156. The summed E-state index contributed by atoms with van der Waals surface area (Å²) in [6.07, 6.45) is 0.0577. The Morgan fingerprint density at radius 2 is 1.47 bits per heavy atom. The van der Waals surface area contributed by atoms with Crippen molar-refractivity contribution >= 4 is 5.97 Å². The third-order valence-corrected chi connectivity index (χ3v) is 5.43. The maximum absolute atomic E-state index is 15.0. The molecule has 0 fully saturated rings. The first-order chi connectivity index (χ1) is 15.2. The second-order valence-electron chi connectivity index (χ2n) is 9.07. The quantitative estimate of drug-likeness (QED) is 0.363. The molecule has 0 aliphatic carbocycles. The molecule has 0 N–H and O–H groups in total. The van der Waals surface area contributed by atoms with Gasteiger partial charge in [-0.3, -0.25) is 9.69 Å². The van der Waals surface area contributed by atoms with Crippen molar-refractivity contribution in [1.29, 1.82) is 0 Å². The van der Waals surface area contributed by atoms with Gasteiger partial charge in [-0.1, -0.05) is 78.9 Å². The van der Waals surface area contributed by atoms with Crippen LogP contribution in [-0.4, -0.2) is 16.5 Å². The van der Waals surface area contributed by atoms with Gasteiger partial charge in [-0.05, 0) is 44.9 Å². The molecule has 3 rings (SSSR count). The van der Waals surface area contributed by atoms with Crippen molar-refractivity contribution in [3.8, 4) is 0 Å². The number of hydrogen-bond donors (Lipinski definition) is 0. The molecule has 0 heterocycles. The molecule has 0 unspecified atom stereocenters. The van der Waals surface area contributed by atoms with E-state index in [1.54, 1.807) is 12.1 Å². The Bertz CT molecular complexity index is 999. The fraction of sp³-hybridized carbons (Fsp3) is 0.321. The van der Waals surface area contributed by atoms with Crippen molar-refractivity contribution in [2.45, 2.75) is 58.3 Å². The number of hydrogen-bond acceptors (Lipinski definition) is 3. The van der Waals surface area contributed by atoms with E-state index in [1.165, 1.54) is 6.07 Å². The number of rotatable bonds is 8. The highest BCUT2D eigenvalue weighted by Gasteiger charge is 2.31. The second-order valence-corrected chi connectivity index (χ2v) is 9.07. The van der Waals surface area contributed by atoms with Crippen molar-refractivity contribution < 1.29 is 13.9 Å². The molecule has 0 saturated heterocycles. The summed E-state index contributed by atoms with van der Waals surface area (Å²) < 4.78 is 20.6. The molecule has 168 valence electrons. The molecule has 3 nitrogen and oxygen atoms in total. The minimum Gasteiger partial charge on any atom is -0.460 e. The van der Waals surface area contributed by atoms with Gasteiger partial charge in [0.2, 0.25) is 0 Å². The maximum Gasteiger partial charge on any atom is 0.308 e. The molecular formula is C28H32FNO2. The van der Waals surface area contributed by atoms with E-state index in [2.05, 4.69) is 36.1 Å². The highest BCUT2D eigenvalue weighted by atomic mass is 19.1. The van der Waals surface area contributed by atoms with Crippen LogP contribution in [-0.2, 0) is 16.1 Å². The molecule has 2 atom stereocenters. The van der Waals surface area contributed by atoms with Crippen molar-refractivity contribution in [2.24, 2.45) is 0 Å². The molecule has 0 aromatic heterocycles. The van der Waals surface area contributed by atoms with Gasteiger partial charge in [0.25, 0.3) is 0 Å². The zero-order chi connectivity index (χ0) is 23.1. The van der Waals surface area contributed by atoms with E-state index in [1.807, 2.05) is 63.2 Å². The van der Waals surface area contributed by atoms with Crippen molar-refractivity contribution in [2.75, 3.05) is 0 Å². The Kier molecular flexibility index (Phi) is 7.81. The fourth-order valence-electron chi connectivity index (χ4n) is 3.93. The molecule has 32 heavy (non-hydrogen) atoms. The monoisotopic (exact) mass is 433 g/mol. The summed E-state index contributed by atoms with van der Waals surface area (Å²) in [5.74, 6) is -0.663. The average molecular weight is 434 g/mol. The highest BCUT2D eigenvalue weighted by Crippen LogP contribution is 2.36. The van der Waals surface area contributed by atoms with Crippen molar-refractivity contribution in [3.63, 3.8) is 0 Å². The molecule has 4 heteroatoms. The van der Waals surface area contributed by atoms with Crippen molar-refractivity contribution in [3.05, 3.63) is 107 Å². The van der Waals surface area contributed by atoms with E-state index in [0.717, 1.165) is 11.1 Å². The van der Waals surface area contributed by atoms with Gasteiger partial charge in [0.15, 0.2) is 0 Å². The number of ether oxygens (including phenoxy) is 1. The molecule has 0 radical (unpaired) electrons. The van der Waals surface area contributed by atoms with Crippen LogP contribution in [0.3, 0.4) is 0 Å². The number of halogens is 1. The number of nitrogens with zero attached hydrogens (tertiary/aromatic N) is 1. The first kappa shape index (κ1) is 23.7. The smallest absolute Gasteiger partial charge is 0.308 e. The molecule has 0 amide bonds. The predicted molar refractivity (Wildman–Crippen MR) is 126 cm³/mol. The van der Waals surface area contributed by atoms with Gasteiger partial charge in [-0.15, -0.1) is 0 Å². The lowest BCUT2D eigenvalue weighted by atomic mass is 9.96. The largest absolute Gasteiger partial charge is 0.460 e. The predicted octanol–water partition coefficient (Wildman–Crippen LogP) is 6.86. The van der Waals surface area contributed by atoms with Gasteiger partial charge in [0.1, 0.15) is 11.4 Å². The average Bonchev–Trinajstić information content (AvgIpc) is 2.76. The molecule has 0 spiro atoms. The van der Waals surface area contributed by atoms with E-state index in [0.29, 0.717) is 12.1 Å². The van der Waals surface area contributed by atoms with Crippen LogP contribution in [0.1, 0.15) is 62.9 Å². The van der Waals surface area contributed by atoms with Crippen LogP contribution in [0.25, 0.3) is 0 Å². The normalized spacial score (nSPS) is 13.6. The lowest BCUT2D eigenvalue weighted by Crippen LogP contribution is -2.35. The summed E-state index contributed by atoms with van der Waals surface area (Å²) in [5, 5.41) is 0. The number of benzene rings is 3. The lowest BCUT2D eigenvalue weighted by Gasteiger charge is -2.37. The second kappa shape index (κ2) is 10.6. The third-order valence-electron chi connectivity index (χ3n) is 5.43. The van der Waals surface area contributed by atoms with Crippen LogP contribution in [0, 0.1) is 5.82 Å². The first-order valence-electron chi connectivity index (χ1n) is 11.1. The van der Waals surface area contributed by atoms with Crippen LogP contribution in [0.15, 0.2) is 84.9 Å². The van der Waals surface area contributed by atoms with E-state index in [4.69, 9.17) is 4.74 Å². The molecular weight excluding hydrogens is 401 g/mol. The number of carbonyl (C=O) groups excluding carboxylic acids is 1. The van der Waals surface area contributed by atoms with E-state index < -0.39 is 11.6 Å². The van der Waals surface area contributed by atoms with Gasteiger partial charge >= 0.3 is 5.97 Å². The van der Waals surface area contributed by atoms with E-state index in [9.17, 15) is 4.79 Å². The zero-order valence-electron chi connectivity index (χ0n) is 19.3. The highest BCUT2D eigenvalue weighted by molar-refractivity contribution is 5.71. The van der Waals surface area contributed by atoms with E-state index in [-0.39, 0.29) is 24.2 Å². The Balaban J connectivity index is 2.04. The molecule has 0 saturated carbocycles. The standard InChI is InChI=1S/C28H32FNO2/c1-21(23-15-9-6-10-16-23)30(20-22-13-7-5-8-14-22)26(19-27(31)32-28(2,3)4)24-17-11-12-18-25(24)29/h5-18,21,26H,19-20H2,1-4H3/t21-,26+/m1/s1. The molecule has 0 aliphatic heterocycles. The minimum atomic E-state index is -0.605. The summed E-state index contributed by atoms with van der Waals surface area (Å²) in [7, 11) is 0. The van der Waals surface area contributed by atoms with Crippen LogP contribution in [0.5, 0.6) is 0 Å². The third kappa shape index (κ3) is 6.51. The molecule has 3 aromatic rings. The summed E-state index contributed by atoms with van der Waals surface area (Å²) in [5.41, 5.74) is 2.10. The van der Waals surface area contributed by atoms with Crippen molar-refractivity contribution in [1.82, 2.24) is 4.90 Å². The fourth-order valence-corrected chi connectivity index (χ4v) is 3.93. The van der Waals surface area contributed by atoms with Crippen LogP contribution < -0.4 is 0 Å².